The topological polar surface area (TPSA) is 88.4 Å². The van der Waals surface area contributed by atoms with Gasteiger partial charge in [-0.3, -0.25) is 9.69 Å². The second-order valence-corrected chi connectivity index (χ2v) is 7.82. The zero-order chi connectivity index (χ0) is 21.1. The van der Waals surface area contributed by atoms with Gasteiger partial charge in [-0.1, -0.05) is 6.07 Å². The normalized spacial score (nSPS) is 16.6. The number of carbonyl (C=O) groups is 2. The Labute approximate surface area is 180 Å². The van der Waals surface area contributed by atoms with E-state index in [4.69, 9.17) is 14.6 Å². The van der Waals surface area contributed by atoms with Crippen LogP contribution in [0.5, 0.6) is 11.5 Å². The van der Waals surface area contributed by atoms with Gasteiger partial charge in [0.2, 0.25) is 0 Å². The number of nitrogens with zero attached hydrogens (tertiary/aromatic N) is 2. The second kappa shape index (κ2) is 8.71. The van der Waals surface area contributed by atoms with Crippen molar-refractivity contribution in [3.8, 4) is 11.5 Å². The van der Waals surface area contributed by atoms with Crippen molar-refractivity contribution >= 4 is 56.5 Å². The highest BCUT2D eigenvalue weighted by Crippen LogP contribution is 2.38. The van der Waals surface area contributed by atoms with Crippen LogP contribution in [-0.4, -0.2) is 48.3 Å². The van der Waals surface area contributed by atoms with Crippen molar-refractivity contribution in [2.75, 3.05) is 21.3 Å². The van der Waals surface area contributed by atoms with Gasteiger partial charge in [-0.25, -0.2) is 9.79 Å². The molecule has 1 N–H and O–H groups in total. The number of aliphatic imine (C=N–C) groups is 1. The number of carboxylic acids is 1. The van der Waals surface area contributed by atoms with Gasteiger partial charge in [-0.05, 0) is 58.0 Å². The Hall–Kier alpha value is -2.78. The van der Waals surface area contributed by atoms with E-state index in [1.54, 1.807) is 45.5 Å². The average molecular weight is 477 g/mol. The molecule has 0 spiro atoms. The fraction of sp³-hybridized carbons (Fsp3) is 0.150. The Bertz CT molecular complexity index is 1050. The average Bonchev–Trinajstić information content (AvgIpc) is 2.96. The maximum atomic E-state index is 12.7. The summed E-state index contributed by atoms with van der Waals surface area (Å²) in [7, 11) is 4.73. The standard InChI is InChI=1S/C20H17BrN2O5S/c1-23-18(24)17(9-12-8-14(21)16(28-3)10-15(12)27-2)29-20(23)22-13-6-4-5-11(7-13)19(25)26/h4-10H,1-3H3,(H,25,26)/b17-9+,22-20?. The molecule has 1 fully saturated rings. The molecule has 0 aliphatic carbocycles. The second-order valence-electron chi connectivity index (χ2n) is 5.95. The Kier molecular flexibility index (Phi) is 6.29. The minimum atomic E-state index is -1.03. The van der Waals surface area contributed by atoms with Crippen LogP contribution in [0.1, 0.15) is 15.9 Å². The van der Waals surface area contributed by atoms with Gasteiger partial charge in [-0.2, -0.15) is 0 Å². The molecule has 0 bridgehead atoms. The van der Waals surface area contributed by atoms with Crippen LogP contribution in [0.2, 0.25) is 0 Å². The number of carboxylic acid groups (broad SMARTS) is 1. The van der Waals surface area contributed by atoms with Crippen LogP contribution < -0.4 is 9.47 Å². The minimum absolute atomic E-state index is 0.132. The van der Waals surface area contributed by atoms with E-state index in [1.807, 2.05) is 6.07 Å². The first-order chi connectivity index (χ1) is 13.8. The van der Waals surface area contributed by atoms with Crippen LogP contribution >= 0.6 is 27.7 Å². The van der Waals surface area contributed by atoms with Crippen molar-refractivity contribution in [2.24, 2.45) is 4.99 Å². The highest BCUT2D eigenvalue weighted by Gasteiger charge is 2.30. The number of aromatic carboxylic acids is 1. The van der Waals surface area contributed by atoms with Crippen LogP contribution in [0.3, 0.4) is 0 Å². The maximum absolute atomic E-state index is 12.7. The largest absolute Gasteiger partial charge is 0.496 e. The molecule has 1 heterocycles. The van der Waals surface area contributed by atoms with Crippen molar-refractivity contribution in [2.45, 2.75) is 0 Å². The van der Waals surface area contributed by atoms with Crippen LogP contribution in [0.25, 0.3) is 6.08 Å². The molecule has 2 aromatic rings. The number of halogens is 1. The van der Waals surface area contributed by atoms with Gasteiger partial charge in [0.15, 0.2) is 5.17 Å². The van der Waals surface area contributed by atoms with Crippen molar-refractivity contribution < 1.29 is 24.2 Å². The van der Waals surface area contributed by atoms with Gasteiger partial charge in [0.05, 0.1) is 34.8 Å². The van der Waals surface area contributed by atoms with E-state index in [2.05, 4.69) is 20.9 Å². The van der Waals surface area contributed by atoms with Crippen molar-refractivity contribution in [3.05, 3.63) is 56.9 Å². The molecule has 1 saturated heterocycles. The van der Waals surface area contributed by atoms with E-state index in [0.717, 1.165) is 4.47 Å². The lowest BCUT2D eigenvalue weighted by Crippen LogP contribution is -2.23. The molecule has 0 saturated carbocycles. The molecular weight excluding hydrogens is 460 g/mol. The van der Waals surface area contributed by atoms with E-state index < -0.39 is 5.97 Å². The van der Waals surface area contributed by atoms with Gasteiger partial charge in [0, 0.05) is 18.7 Å². The molecule has 150 valence electrons. The summed E-state index contributed by atoms with van der Waals surface area (Å²) in [5.74, 6) is -0.0642. The fourth-order valence-corrected chi connectivity index (χ4v) is 4.11. The van der Waals surface area contributed by atoms with Crippen molar-refractivity contribution in [3.63, 3.8) is 0 Å². The number of methoxy groups -OCH3 is 2. The van der Waals surface area contributed by atoms with Gasteiger partial charge in [0.25, 0.3) is 5.91 Å². The summed E-state index contributed by atoms with van der Waals surface area (Å²) in [6.45, 7) is 0. The lowest BCUT2D eigenvalue weighted by Gasteiger charge is -2.10. The Morgan fingerprint density at radius 3 is 2.59 bits per heavy atom. The lowest BCUT2D eigenvalue weighted by molar-refractivity contribution is -0.121. The monoisotopic (exact) mass is 476 g/mol. The van der Waals surface area contributed by atoms with Crippen LogP contribution in [0, 0.1) is 0 Å². The first-order valence-corrected chi connectivity index (χ1v) is 9.96. The molecule has 0 unspecified atom stereocenters. The third-order valence-electron chi connectivity index (χ3n) is 4.11. The zero-order valence-electron chi connectivity index (χ0n) is 15.8. The van der Waals surface area contributed by atoms with E-state index >= 15 is 0 Å². The van der Waals surface area contributed by atoms with Crippen LogP contribution in [0.4, 0.5) is 5.69 Å². The highest BCUT2D eigenvalue weighted by atomic mass is 79.9. The first-order valence-electron chi connectivity index (χ1n) is 8.35. The van der Waals surface area contributed by atoms with Gasteiger partial charge >= 0.3 is 5.97 Å². The number of hydrogen-bond acceptors (Lipinski definition) is 6. The summed E-state index contributed by atoms with van der Waals surface area (Å²) in [4.78, 5) is 30.1. The number of ether oxygens (including phenoxy) is 2. The molecule has 1 aliphatic rings. The number of likely N-dealkylation sites (N-methyl/N-ethyl adjacent to an activating group) is 1. The number of benzene rings is 2. The summed E-state index contributed by atoms with van der Waals surface area (Å²) < 4.78 is 11.4. The zero-order valence-corrected chi connectivity index (χ0v) is 18.2. The predicted octanol–water partition coefficient (Wildman–Crippen LogP) is 4.40. The summed E-state index contributed by atoms with van der Waals surface area (Å²) in [5.41, 5.74) is 1.30. The molecule has 29 heavy (non-hydrogen) atoms. The molecular formula is C20H17BrN2O5S. The summed E-state index contributed by atoms with van der Waals surface area (Å²) in [6.07, 6.45) is 1.72. The van der Waals surface area contributed by atoms with Crippen LogP contribution in [-0.2, 0) is 4.79 Å². The quantitative estimate of drug-likeness (QED) is 0.643. The number of rotatable bonds is 5. The Morgan fingerprint density at radius 1 is 1.21 bits per heavy atom. The molecule has 1 aliphatic heterocycles. The fourth-order valence-electron chi connectivity index (χ4n) is 2.61. The van der Waals surface area contributed by atoms with E-state index in [1.165, 1.54) is 28.8 Å². The smallest absolute Gasteiger partial charge is 0.335 e. The maximum Gasteiger partial charge on any atom is 0.335 e. The van der Waals surface area contributed by atoms with Gasteiger partial charge in [-0.15, -0.1) is 0 Å². The van der Waals surface area contributed by atoms with Gasteiger partial charge in [0.1, 0.15) is 11.5 Å². The Morgan fingerprint density at radius 2 is 1.93 bits per heavy atom. The predicted molar refractivity (Wildman–Crippen MR) is 116 cm³/mol. The van der Waals surface area contributed by atoms with E-state index in [9.17, 15) is 9.59 Å². The number of amidine groups is 1. The number of carbonyl (C=O) groups excluding carboxylic acids is 1. The lowest BCUT2D eigenvalue weighted by atomic mass is 10.1. The van der Waals surface area contributed by atoms with Crippen molar-refractivity contribution in [1.29, 1.82) is 0 Å². The molecule has 0 aromatic heterocycles. The van der Waals surface area contributed by atoms with Crippen molar-refractivity contribution in [1.82, 2.24) is 4.90 Å². The molecule has 2 aromatic carbocycles. The SMILES string of the molecule is COc1cc(OC)c(/C=C2/SC(=Nc3cccc(C(=O)O)c3)N(C)C2=O)cc1Br. The van der Waals surface area contributed by atoms with Crippen LogP contribution in [0.15, 0.2) is 50.8 Å². The molecule has 0 radical (unpaired) electrons. The molecule has 1 amide bonds. The molecule has 9 heteroatoms. The summed E-state index contributed by atoms with van der Waals surface area (Å²) in [5, 5.41) is 9.58. The Balaban J connectivity index is 1.96. The third-order valence-corrected chi connectivity index (χ3v) is 5.79. The van der Waals surface area contributed by atoms with Gasteiger partial charge < -0.3 is 14.6 Å². The highest BCUT2D eigenvalue weighted by molar-refractivity contribution is 9.10. The first kappa shape index (κ1) is 20.9. The number of hydrogen-bond donors (Lipinski definition) is 1. The molecule has 7 nitrogen and oxygen atoms in total. The van der Waals surface area contributed by atoms with E-state index in [0.29, 0.717) is 32.8 Å². The summed E-state index contributed by atoms with van der Waals surface area (Å²) in [6, 6.07) is 9.78. The molecule has 0 atom stereocenters. The third kappa shape index (κ3) is 4.46. The number of amides is 1. The number of thioether (sulfide) groups is 1. The van der Waals surface area contributed by atoms with E-state index in [-0.39, 0.29) is 11.5 Å². The summed E-state index contributed by atoms with van der Waals surface area (Å²) >= 11 is 4.64. The molecule has 3 rings (SSSR count). The minimum Gasteiger partial charge on any atom is -0.496 e.